The molecule has 0 amide bonds. The molecule has 0 aliphatic rings. The lowest BCUT2D eigenvalue weighted by atomic mass is 10.1. The van der Waals surface area contributed by atoms with Gasteiger partial charge >= 0.3 is 0 Å². The number of hydrogen-bond donors (Lipinski definition) is 2. The summed E-state index contributed by atoms with van der Waals surface area (Å²) in [5.41, 5.74) is 0. The molecule has 2 N–H and O–H groups in total. The summed E-state index contributed by atoms with van der Waals surface area (Å²) in [5.74, 6) is 2.00. The van der Waals surface area contributed by atoms with Gasteiger partial charge in [-0.2, -0.15) is 4.98 Å². The van der Waals surface area contributed by atoms with Crippen molar-refractivity contribution in [3.05, 3.63) is 11.7 Å². The fraction of sp³-hybridized carbons (Fsp3) is 0.800. The lowest BCUT2D eigenvalue weighted by molar-refractivity contribution is 0.371. The Morgan fingerprint density at radius 2 is 1.77 bits per heavy atom. The number of nitrogens with one attached hydrogen (secondary N) is 2. The first-order chi connectivity index (χ1) is 10.3. The van der Waals surface area contributed by atoms with Crippen LogP contribution in [0.25, 0.3) is 0 Å². The molecule has 0 aliphatic carbocycles. The van der Waals surface area contributed by atoms with Crippen molar-refractivity contribution in [2.75, 3.05) is 13.6 Å². The second-order valence-electron chi connectivity index (χ2n) is 5.21. The normalized spacial score (nSPS) is 11.1. The van der Waals surface area contributed by atoms with E-state index in [4.69, 9.17) is 4.52 Å². The molecule has 1 rings (SSSR count). The van der Waals surface area contributed by atoms with Crippen LogP contribution in [0.3, 0.4) is 0 Å². The Bertz CT molecular complexity index is 408. The maximum Gasteiger partial charge on any atom is 0.246 e. The second-order valence-corrected chi connectivity index (χ2v) is 5.21. The summed E-state index contributed by atoms with van der Waals surface area (Å²) >= 11 is 0. The van der Waals surface area contributed by atoms with Crippen LogP contribution >= 0.6 is 24.0 Å². The van der Waals surface area contributed by atoms with E-state index >= 15 is 0 Å². The Labute approximate surface area is 150 Å². The van der Waals surface area contributed by atoms with Crippen LogP contribution in [0, 0.1) is 6.92 Å². The van der Waals surface area contributed by atoms with Gasteiger partial charge in [-0.15, -0.1) is 24.0 Å². The predicted octanol–water partition coefficient (Wildman–Crippen LogP) is 3.41. The van der Waals surface area contributed by atoms with Crippen LogP contribution in [0.2, 0.25) is 0 Å². The average Bonchev–Trinajstić information content (AvgIpc) is 2.90. The number of aliphatic imine (C=N–C) groups is 1. The van der Waals surface area contributed by atoms with Crippen molar-refractivity contribution >= 4 is 29.9 Å². The van der Waals surface area contributed by atoms with Gasteiger partial charge in [0.25, 0.3) is 0 Å². The molecule has 0 radical (unpaired) electrons. The maximum atomic E-state index is 5.04. The Morgan fingerprint density at radius 3 is 2.36 bits per heavy atom. The van der Waals surface area contributed by atoms with Crippen LogP contribution in [0.15, 0.2) is 9.52 Å². The quantitative estimate of drug-likeness (QED) is 0.261. The zero-order valence-electron chi connectivity index (χ0n) is 14.0. The minimum atomic E-state index is 0. The van der Waals surface area contributed by atoms with E-state index in [1.165, 1.54) is 44.9 Å². The standard InChI is InChI=1S/C15H29N5O.HI/c1-4-5-6-7-8-9-10-11-17-15(16-3)18-12-14-19-13(2)20-21-14;/h4-12H2,1-3H3,(H2,16,17,18);1H. The lowest BCUT2D eigenvalue weighted by Crippen LogP contribution is -2.37. The van der Waals surface area contributed by atoms with Crippen molar-refractivity contribution in [3.8, 4) is 0 Å². The number of guanidine groups is 1. The summed E-state index contributed by atoms with van der Waals surface area (Å²) in [6.45, 7) is 5.49. The van der Waals surface area contributed by atoms with Gasteiger partial charge in [0.2, 0.25) is 5.89 Å². The summed E-state index contributed by atoms with van der Waals surface area (Å²) in [4.78, 5) is 8.31. The van der Waals surface area contributed by atoms with Gasteiger partial charge in [0.1, 0.15) is 0 Å². The lowest BCUT2D eigenvalue weighted by Gasteiger charge is -2.10. The first-order valence-corrected chi connectivity index (χ1v) is 8.00. The van der Waals surface area contributed by atoms with E-state index in [0.29, 0.717) is 18.3 Å². The van der Waals surface area contributed by atoms with Crippen LogP contribution in [0.1, 0.15) is 63.6 Å². The van der Waals surface area contributed by atoms with E-state index < -0.39 is 0 Å². The fourth-order valence-electron chi connectivity index (χ4n) is 2.08. The van der Waals surface area contributed by atoms with E-state index in [2.05, 4.69) is 32.7 Å². The number of nitrogens with zero attached hydrogens (tertiary/aromatic N) is 3. The van der Waals surface area contributed by atoms with Gasteiger partial charge < -0.3 is 15.2 Å². The molecule has 0 aliphatic heterocycles. The van der Waals surface area contributed by atoms with Gasteiger partial charge in [-0.25, -0.2) is 0 Å². The SMILES string of the molecule is CCCCCCCCCNC(=NC)NCc1nc(C)no1.I. The Kier molecular flexibility index (Phi) is 13.2. The average molecular weight is 423 g/mol. The minimum absolute atomic E-state index is 0. The largest absolute Gasteiger partial charge is 0.356 e. The van der Waals surface area contributed by atoms with Crippen molar-refractivity contribution in [2.24, 2.45) is 4.99 Å². The Hall–Kier alpha value is -0.860. The van der Waals surface area contributed by atoms with Gasteiger partial charge in [0, 0.05) is 13.6 Å². The summed E-state index contributed by atoms with van der Waals surface area (Å²) in [7, 11) is 1.76. The molecule has 0 bridgehead atoms. The molecule has 0 spiro atoms. The monoisotopic (exact) mass is 423 g/mol. The molecule has 0 atom stereocenters. The molecule has 0 fully saturated rings. The highest BCUT2D eigenvalue weighted by atomic mass is 127. The molecule has 7 heteroatoms. The van der Waals surface area contributed by atoms with E-state index in [0.717, 1.165) is 12.5 Å². The zero-order chi connectivity index (χ0) is 15.3. The molecule has 0 aromatic carbocycles. The third kappa shape index (κ3) is 9.97. The highest BCUT2D eigenvalue weighted by Crippen LogP contribution is 2.06. The van der Waals surface area contributed by atoms with E-state index in [1.54, 1.807) is 14.0 Å². The van der Waals surface area contributed by atoms with Crippen LogP contribution < -0.4 is 10.6 Å². The van der Waals surface area contributed by atoms with Crippen LogP contribution in [-0.4, -0.2) is 29.7 Å². The van der Waals surface area contributed by atoms with Gasteiger partial charge in [-0.3, -0.25) is 4.99 Å². The Balaban J connectivity index is 0.00000441. The highest BCUT2D eigenvalue weighted by molar-refractivity contribution is 14.0. The molecular weight excluding hydrogens is 393 g/mol. The van der Waals surface area contributed by atoms with Gasteiger partial charge in [-0.05, 0) is 13.3 Å². The van der Waals surface area contributed by atoms with Crippen molar-refractivity contribution in [3.63, 3.8) is 0 Å². The summed E-state index contributed by atoms with van der Waals surface area (Å²) in [5, 5.41) is 10.2. The number of hydrogen-bond acceptors (Lipinski definition) is 4. The number of rotatable bonds is 10. The van der Waals surface area contributed by atoms with Gasteiger partial charge in [0.05, 0.1) is 6.54 Å². The van der Waals surface area contributed by atoms with Gasteiger partial charge in [-0.1, -0.05) is 50.6 Å². The molecule has 1 aromatic heterocycles. The first kappa shape index (κ1) is 21.1. The smallest absolute Gasteiger partial charge is 0.246 e. The summed E-state index contributed by atoms with van der Waals surface area (Å²) in [6, 6.07) is 0. The molecule has 1 aromatic rings. The minimum Gasteiger partial charge on any atom is -0.356 e. The molecule has 6 nitrogen and oxygen atoms in total. The summed E-state index contributed by atoms with van der Waals surface area (Å²) < 4.78 is 5.04. The topological polar surface area (TPSA) is 75.3 Å². The van der Waals surface area contributed by atoms with Crippen LogP contribution in [0.4, 0.5) is 0 Å². The number of aryl methyl sites for hydroxylation is 1. The number of halogens is 1. The second kappa shape index (κ2) is 13.8. The first-order valence-electron chi connectivity index (χ1n) is 8.00. The van der Waals surface area contributed by atoms with Crippen molar-refractivity contribution < 1.29 is 4.52 Å². The molecule has 0 saturated carbocycles. The fourth-order valence-corrected chi connectivity index (χ4v) is 2.08. The molecular formula is C15H30IN5O. The summed E-state index contributed by atoms with van der Waals surface area (Å²) in [6.07, 6.45) is 9.18. The number of unbranched alkanes of at least 4 members (excludes halogenated alkanes) is 6. The van der Waals surface area contributed by atoms with E-state index in [1.807, 2.05) is 0 Å². The molecule has 128 valence electrons. The third-order valence-electron chi connectivity index (χ3n) is 3.27. The van der Waals surface area contributed by atoms with E-state index in [-0.39, 0.29) is 24.0 Å². The van der Waals surface area contributed by atoms with E-state index in [9.17, 15) is 0 Å². The maximum absolute atomic E-state index is 5.04. The van der Waals surface area contributed by atoms with Crippen LogP contribution in [0.5, 0.6) is 0 Å². The molecule has 1 heterocycles. The van der Waals surface area contributed by atoms with Crippen LogP contribution in [-0.2, 0) is 6.54 Å². The third-order valence-corrected chi connectivity index (χ3v) is 3.27. The molecule has 0 unspecified atom stereocenters. The van der Waals surface area contributed by atoms with Crippen molar-refractivity contribution in [2.45, 2.75) is 65.3 Å². The Morgan fingerprint density at radius 1 is 1.09 bits per heavy atom. The highest BCUT2D eigenvalue weighted by Gasteiger charge is 2.03. The zero-order valence-corrected chi connectivity index (χ0v) is 16.4. The molecule has 22 heavy (non-hydrogen) atoms. The number of aromatic nitrogens is 2. The van der Waals surface area contributed by atoms with Crippen molar-refractivity contribution in [1.82, 2.24) is 20.8 Å². The predicted molar refractivity (Wildman–Crippen MR) is 101 cm³/mol. The van der Waals surface area contributed by atoms with Gasteiger partial charge in [0.15, 0.2) is 11.8 Å². The van der Waals surface area contributed by atoms with Crippen molar-refractivity contribution in [1.29, 1.82) is 0 Å². The molecule has 0 saturated heterocycles.